The highest BCUT2D eigenvalue weighted by molar-refractivity contribution is 5.76. The summed E-state index contributed by atoms with van der Waals surface area (Å²) in [5, 5.41) is 3.90. The van der Waals surface area contributed by atoms with Gasteiger partial charge < -0.3 is 14.0 Å². The van der Waals surface area contributed by atoms with Crippen molar-refractivity contribution in [3.63, 3.8) is 0 Å². The highest BCUT2D eigenvalue weighted by Crippen LogP contribution is 2.21. The molecule has 1 heterocycles. The quantitative estimate of drug-likeness (QED) is 0.760. The Labute approximate surface area is 123 Å². The number of hydrogen-bond donors (Lipinski definition) is 0. The second-order valence-electron chi connectivity index (χ2n) is 4.51. The Morgan fingerprint density at radius 3 is 2.86 bits per heavy atom. The van der Waals surface area contributed by atoms with Crippen molar-refractivity contribution in [3.8, 4) is 5.75 Å². The Hall–Kier alpha value is -2.37. The van der Waals surface area contributed by atoms with E-state index < -0.39 is 5.92 Å². The van der Waals surface area contributed by atoms with Crippen LogP contribution in [-0.4, -0.2) is 29.8 Å². The smallest absolute Gasteiger partial charge is 0.318 e. The summed E-state index contributed by atoms with van der Waals surface area (Å²) in [7, 11) is 1.61. The summed E-state index contributed by atoms with van der Waals surface area (Å²) in [6, 6.07) is 7.62. The summed E-state index contributed by atoms with van der Waals surface area (Å²) in [4.78, 5) is 15.9. The monoisotopic (exact) mass is 290 g/mol. The molecule has 0 N–H and O–H groups in total. The number of aromatic nitrogens is 2. The molecule has 0 saturated carbocycles. The maximum absolute atomic E-state index is 11.6. The molecule has 0 saturated heterocycles. The molecular weight excluding hydrogens is 272 g/mol. The van der Waals surface area contributed by atoms with Gasteiger partial charge in [0.2, 0.25) is 5.89 Å². The summed E-state index contributed by atoms with van der Waals surface area (Å²) in [5.74, 6) is 0.597. The van der Waals surface area contributed by atoms with Gasteiger partial charge in [0.15, 0.2) is 5.82 Å². The Morgan fingerprint density at radius 2 is 2.14 bits per heavy atom. The standard InChI is InChI=1S/C15H18N2O4/c1-4-20-15(18)10(2)14-16-13(17-21-14)9-11-7-5-6-8-12(11)19-3/h5-8,10H,4,9H2,1-3H3. The predicted octanol–water partition coefficient (Wildman–Crippen LogP) is 2.34. The second-order valence-corrected chi connectivity index (χ2v) is 4.51. The molecular formula is C15H18N2O4. The molecule has 2 aromatic rings. The van der Waals surface area contributed by atoms with E-state index in [0.717, 1.165) is 11.3 Å². The number of nitrogens with zero attached hydrogens (tertiary/aromatic N) is 2. The Kier molecular flexibility index (Phi) is 4.92. The number of para-hydroxylation sites is 1. The molecule has 0 aliphatic carbocycles. The van der Waals surface area contributed by atoms with Crippen LogP contribution in [0.15, 0.2) is 28.8 Å². The minimum absolute atomic E-state index is 0.262. The van der Waals surface area contributed by atoms with Crippen molar-refractivity contribution in [1.82, 2.24) is 10.1 Å². The first-order valence-electron chi connectivity index (χ1n) is 6.76. The van der Waals surface area contributed by atoms with Crippen molar-refractivity contribution in [3.05, 3.63) is 41.5 Å². The fourth-order valence-corrected chi connectivity index (χ4v) is 1.90. The van der Waals surface area contributed by atoms with E-state index in [1.165, 1.54) is 0 Å². The summed E-state index contributed by atoms with van der Waals surface area (Å²) in [6.07, 6.45) is 0.475. The van der Waals surface area contributed by atoms with E-state index in [2.05, 4.69) is 10.1 Å². The van der Waals surface area contributed by atoms with Gasteiger partial charge in [-0.1, -0.05) is 23.4 Å². The highest BCUT2D eigenvalue weighted by Gasteiger charge is 2.23. The van der Waals surface area contributed by atoms with Gasteiger partial charge in [-0.3, -0.25) is 4.79 Å². The summed E-state index contributed by atoms with van der Waals surface area (Å²) >= 11 is 0. The van der Waals surface area contributed by atoms with Gasteiger partial charge in [-0.25, -0.2) is 0 Å². The maximum atomic E-state index is 11.6. The van der Waals surface area contributed by atoms with E-state index in [0.29, 0.717) is 18.9 Å². The van der Waals surface area contributed by atoms with Crippen molar-refractivity contribution in [2.45, 2.75) is 26.2 Å². The van der Waals surface area contributed by atoms with Crippen LogP contribution in [0.5, 0.6) is 5.75 Å². The van der Waals surface area contributed by atoms with Crippen LogP contribution in [0.3, 0.4) is 0 Å². The zero-order chi connectivity index (χ0) is 15.2. The molecule has 0 aliphatic heterocycles. The van der Waals surface area contributed by atoms with Gasteiger partial charge in [-0.05, 0) is 19.9 Å². The average molecular weight is 290 g/mol. The van der Waals surface area contributed by atoms with Gasteiger partial charge in [-0.2, -0.15) is 4.98 Å². The summed E-state index contributed by atoms with van der Waals surface area (Å²) in [6.45, 7) is 3.76. The number of methoxy groups -OCH3 is 1. The van der Waals surface area contributed by atoms with Crippen LogP contribution in [0.1, 0.15) is 37.0 Å². The molecule has 1 aromatic heterocycles. The fraction of sp³-hybridized carbons (Fsp3) is 0.400. The molecule has 0 fully saturated rings. The van der Waals surface area contributed by atoms with Crippen LogP contribution < -0.4 is 4.74 Å². The molecule has 0 bridgehead atoms. The zero-order valence-electron chi connectivity index (χ0n) is 12.3. The molecule has 1 unspecified atom stereocenters. The number of benzene rings is 1. The molecule has 1 aromatic carbocycles. The van der Waals surface area contributed by atoms with Crippen molar-refractivity contribution in [1.29, 1.82) is 0 Å². The van der Waals surface area contributed by atoms with Gasteiger partial charge in [0.1, 0.15) is 11.7 Å². The minimum Gasteiger partial charge on any atom is -0.496 e. The van der Waals surface area contributed by atoms with Gasteiger partial charge in [0.05, 0.1) is 13.7 Å². The van der Waals surface area contributed by atoms with Crippen LogP contribution in [-0.2, 0) is 16.0 Å². The number of esters is 1. The average Bonchev–Trinajstić information content (AvgIpc) is 2.95. The second kappa shape index (κ2) is 6.88. The van der Waals surface area contributed by atoms with Gasteiger partial charge in [0.25, 0.3) is 0 Å². The summed E-state index contributed by atoms with van der Waals surface area (Å²) < 4.78 is 15.4. The third-order valence-electron chi connectivity index (χ3n) is 3.04. The third-order valence-corrected chi connectivity index (χ3v) is 3.04. The number of rotatable bonds is 6. The van der Waals surface area contributed by atoms with Crippen LogP contribution in [0, 0.1) is 0 Å². The molecule has 112 valence electrons. The molecule has 2 rings (SSSR count). The van der Waals surface area contributed by atoms with Gasteiger partial charge >= 0.3 is 5.97 Å². The number of hydrogen-bond acceptors (Lipinski definition) is 6. The first kappa shape index (κ1) is 15.0. The first-order valence-corrected chi connectivity index (χ1v) is 6.76. The van der Waals surface area contributed by atoms with Gasteiger partial charge in [-0.15, -0.1) is 0 Å². The lowest BCUT2D eigenvalue weighted by molar-refractivity contribution is -0.145. The molecule has 1 atom stereocenters. The largest absolute Gasteiger partial charge is 0.496 e. The van der Waals surface area contributed by atoms with Crippen LogP contribution in [0.2, 0.25) is 0 Å². The number of carbonyl (C=O) groups is 1. The van der Waals surface area contributed by atoms with E-state index in [4.69, 9.17) is 14.0 Å². The molecule has 6 heteroatoms. The third kappa shape index (κ3) is 3.59. The molecule has 0 aliphatic rings. The van der Waals surface area contributed by atoms with E-state index in [-0.39, 0.29) is 11.9 Å². The SMILES string of the molecule is CCOC(=O)C(C)c1nc(Cc2ccccc2OC)no1. The lowest BCUT2D eigenvalue weighted by Gasteiger charge is -2.05. The molecule has 21 heavy (non-hydrogen) atoms. The van der Waals surface area contributed by atoms with E-state index in [1.807, 2.05) is 24.3 Å². The van der Waals surface area contributed by atoms with Gasteiger partial charge in [0, 0.05) is 12.0 Å². The van der Waals surface area contributed by atoms with Crippen LogP contribution in [0.4, 0.5) is 0 Å². The fourth-order valence-electron chi connectivity index (χ4n) is 1.90. The topological polar surface area (TPSA) is 74.5 Å². The lowest BCUT2D eigenvalue weighted by atomic mass is 10.1. The number of ether oxygens (including phenoxy) is 2. The van der Waals surface area contributed by atoms with Crippen molar-refractivity contribution < 1.29 is 18.8 Å². The lowest BCUT2D eigenvalue weighted by Crippen LogP contribution is -2.13. The summed E-state index contributed by atoms with van der Waals surface area (Å²) in [5.41, 5.74) is 0.955. The predicted molar refractivity (Wildman–Crippen MR) is 75.1 cm³/mol. The van der Waals surface area contributed by atoms with Crippen molar-refractivity contribution >= 4 is 5.97 Å². The molecule has 6 nitrogen and oxygen atoms in total. The normalized spacial score (nSPS) is 12.0. The van der Waals surface area contributed by atoms with Crippen molar-refractivity contribution in [2.24, 2.45) is 0 Å². The maximum Gasteiger partial charge on any atom is 0.318 e. The Balaban J connectivity index is 2.11. The Morgan fingerprint density at radius 1 is 1.38 bits per heavy atom. The Bertz CT molecular complexity index is 609. The highest BCUT2D eigenvalue weighted by atomic mass is 16.5. The van der Waals surface area contributed by atoms with E-state index in [9.17, 15) is 4.79 Å². The molecule has 0 radical (unpaired) electrons. The first-order chi connectivity index (χ1) is 10.2. The minimum atomic E-state index is -0.566. The van der Waals surface area contributed by atoms with Crippen LogP contribution in [0.25, 0.3) is 0 Å². The number of carbonyl (C=O) groups excluding carboxylic acids is 1. The van der Waals surface area contributed by atoms with Crippen molar-refractivity contribution in [2.75, 3.05) is 13.7 Å². The zero-order valence-corrected chi connectivity index (χ0v) is 12.3. The van der Waals surface area contributed by atoms with Crippen LogP contribution >= 0.6 is 0 Å². The van der Waals surface area contributed by atoms with E-state index in [1.54, 1.807) is 21.0 Å². The van der Waals surface area contributed by atoms with E-state index >= 15 is 0 Å². The molecule has 0 spiro atoms. The molecule has 0 amide bonds.